The van der Waals surface area contributed by atoms with Gasteiger partial charge in [-0.15, -0.1) is 24.0 Å². The Morgan fingerprint density at radius 2 is 1.87 bits per heavy atom. The van der Waals surface area contributed by atoms with Crippen molar-refractivity contribution >= 4 is 41.7 Å². The summed E-state index contributed by atoms with van der Waals surface area (Å²) in [6.07, 6.45) is 2.23. The summed E-state index contributed by atoms with van der Waals surface area (Å²) in [5.74, 6) is 3.12. The van der Waals surface area contributed by atoms with E-state index < -0.39 is 0 Å². The van der Waals surface area contributed by atoms with Gasteiger partial charge in [0.1, 0.15) is 12.4 Å². The molecule has 0 bridgehead atoms. The zero-order valence-electron chi connectivity index (χ0n) is 18.3. The van der Waals surface area contributed by atoms with Crippen molar-refractivity contribution in [1.82, 2.24) is 15.1 Å². The Hall–Kier alpha value is -0.710. The number of hydrogen-bond donors (Lipinski definition) is 1. The number of halogens is 1. The van der Waals surface area contributed by atoms with Gasteiger partial charge in [0.15, 0.2) is 5.96 Å². The van der Waals surface area contributed by atoms with E-state index in [0.29, 0.717) is 0 Å². The Morgan fingerprint density at radius 3 is 2.50 bits per heavy atom. The fourth-order valence-electron chi connectivity index (χ4n) is 3.99. The first-order valence-electron chi connectivity index (χ1n) is 10.8. The third-order valence-electron chi connectivity index (χ3n) is 5.73. The van der Waals surface area contributed by atoms with Crippen LogP contribution in [0.3, 0.4) is 0 Å². The van der Waals surface area contributed by atoms with Crippen LogP contribution in [0.5, 0.6) is 5.75 Å². The highest BCUT2D eigenvalue weighted by molar-refractivity contribution is 14.0. The first kappa shape index (κ1) is 25.5. The summed E-state index contributed by atoms with van der Waals surface area (Å²) in [6.45, 7) is 10.7. The van der Waals surface area contributed by atoms with Crippen LogP contribution in [0.4, 0.5) is 0 Å². The maximum absolute atomic E-state index is 5.84. The highest BCUT2D eigenvalue weighted by Crippen LogP contribution is 2.34. The van der Waals surface area contributed by atoms with Gasteiger partial charge in [0.05, 0.1) is 0 Å². The Labute approximate surface area is 203 Å². The van der Waals surface area contributed by atoms with E-state index in [2.05, 4.69) is 38.8 Å². The summed E-state index contributed by atoms with van der Waals surface area (Å²) in [4.78, 5) is 9.42. The minimum absolute atomic E-state index is 0. The molecule has 0 unspecified atom stereocenters. The number of aliphatic imine (C=N–C) groups is 1. The number of nitrogens with one attached hydrogen (secondary N) is 1. The number of nitrogens with zero attached hydrogens (tertiary/aromatic N) is 3. The Morgan fingerprint density at radius 1 is 1.17 bits per heavy atom. The van der Waals surface area contributed by atoms with Gasteiger partial charge in [0, 0.05) is 64.3 Å². The van der Waals surface area contributed by atoms with E-state index in [-0.39, 0.29) is 28.7 Å². The number of rotatable bonds is 8. The largest absolute Gasteiger partial charge is 0.492 e. The minimum Gasteiger partial charge on any atom is -0.492 e. The molecular formula is C22H37IN4O2S. The number of benzene rings is 1. The number of para-hydroxylation sites is 1. The number of piperazine rings is 1. The molecule has 0 amide bonds. The van der Waals surface area contributed by atoms with Crippen LogP contribution in [0.2, 0.25) is 0 Å². The van der Waals surface area contributed by atoms with Gasteiger partial charge in [-0.05, 0) is 30.7 Å². The van der Waals surface area contributed by atoms with E-state index in [0.717, 1.165) is 89.4 Å². The smallest absolute Gasteiger partial charge is 0.193 e. The van der Waals surface area contributed by atoms with Crippen molar-refractivity contribution in [2.24, 2.45) is 4.99 Å². The summed E-state index contributed by atoms with van der Waals surface area (Å²) < 4.78 is 11.7. The Bertz CT molecular complexity index is 615. The number of hydrogen-bond acceptors (Lipinski definition) is 5. The predicted molar refractivity (Wildman–Crippen MR) is 138 cm³/mol. The molecule has 8 heteroatoms. The van der Waals surface area contributed by atoms with E-state index in [9.17, 15) is 0 Å². The maximum Gasteiger partial charge on any atom is 0.193 e. The molecular weight excluding hydrogens is 511 g/mol. The van der Waals surface area contributed by atoms with Crippen LogP contribution >= 0.6 is 35.7 Å². The molecule has 2 aliphatic heterocycles. The van der Waals surface area contributed by atoms with Crippen molar-refractivity contribution in [3.05, 3.63) is 30.3 Å². The fraction of sp³-hybridized carbons (Fsp3) is 0.682. The summed E-state index contributed by atoms with van der Waals surface area (Å²) in [5, 5.41) is 3.67. The average molecular weight is 549 g/mol. The van der Waals surface area contributed by atoms with E-state index >= 15 is 0 Å². The highest BCUT2D eigenvalue weighted by atomic mass is 127. The second-order valence-corrected chi connectivity index (χ2v) is 9.35. The van der Waals surface area contributed by atoms with E-state index in [1.807, 2.05) is 37.4 Å². The Balaban J connectivity index is 0.00000320. The fourth-order valence-corrected chi connectivity index (χ4v) is 5.23. The standard InChI is InChI=1S/C22H36N4O2S.HI/c1-3-29-22(9-16-27-17-10-22)19-24-21(23-2)26-13-11-25(12-14-26)15-18-28-20-7-5-4-6-8-20;/h4-8H,3,9-19H2,1-2H3,(H,23,24);1H. The van der Waals surface area contributed by atoms with Crippen LogP contribution in [0.25, 0.3) is 0 Å². The molecule has 170 valence electrons. The quantitative estimate of drug-likeness (QED) is 0.306. The van der Waals surface area contributed by atoms with Crippen molar-refractivity contribution in [3.8, 4) is 5.75 Å². The third-order valence-corrected chi connectivity index (χ3v) is 7.18. The van der Waals surface area contributed by atoms with Crippen molar-refractivity contribution in [1.29, 1.82) is 0 Å². The lowest BCUT2D eigenvalue weighted by atomic mass is 9.99. The van der Waals surface area contributed by atoms with Crippen molar-refractivity contribution in [2.75, 3.05) is 71.9 Å². The third kappa shape index (κ3) is 7.76. The predicted octanol–water partition coefficient (Wildman–Crippen LogP) is 3.18. The summed E-state index contributed by atoms with van der Waals surface area (Å²) in [6, 6.07) is 10.1. The molecule has 0 radical (unpaired) electrons. The van der Waals surface area contributed by atoms with Gasteiger partial charge < -0.3 is 19.7 Å². The zero-order chi connectivity index (χ0) is 20.4. The molecule has 0 saturated carbocycles. The van der Waals surface area contributed by atoms with Gasteiger partial charge in [0.2, 0.25) is 0 Å². The van der Waals surface area contributed by atoms with Crippen molar-refractivity contribution in [3.63, 3.8) is 0 Å². The first-order chi connectivity index (χ1) is 14.2. The molecule has 2 saturated heterocycles. The summed E-state index contributed by atoms with van der Waals surface area (Å²) in [5.41, 5.74) is 0. The molecule has 1 aromatic rings. The molecule has 1 aromatic carbocycles. The molecule has 30 heavy (non-hydrogen) atoms. The molecule has 6 nitrogen and oxygen atoms in total. The molecule has 3 rings (SSSR count). The second-order valence-electron chi connectivity index (χ2n) is 7.62. The average Bonchev–Trinajstić information content (AvgIpc) is 2.77. The monoisotopic (exact) mass is 548 g/mol. The SMILES string of the molecule is CCSC1(CNC(=NC)N2CCN(CCOc3ccccc3)CC2)CCOCC1.I. The molecule has 1 N–H and O–H groups in total. The molecule has 0 atom stereocenters. The number of guanidine groups is 1. The lowest BCUT2D eigenvalue weighted by Gasteiger charge is -2.40. The Kier molecular flexibility index (Phi) is 11.6. The van der Waals surface area contributed by atoms with E-state index in [4.69, 9.17) is 9.47 Å². The van der Waals surface area contributed by atoms with Gasteiger partial charge in [-0.25, -0.2) is 0 Å². The van der Waals surface area contributed by atoms with Gasteiger partial charge >= 0.3 is 0 Å². The summed E-state index contributed by atoms with van der Waals surface area (Å²) in [7, 11) is 1.89. The molecule has 2 aliphatic rings. The summed E-state index contributed by atoms with van der Waals surface area (Å²) >= 11 is 2.07. The molecule has 2 heterocycles. The van der Waals surface area contributed by atoms with Crippen molar-refractivity contribution in [2.45, 2.75) is 24.5 Å². The van der Waals surface area contributed by atoms with Crippen LogP contribution in [-0.4, -0.2) is 92.4 Å². The lowest BCUT2D eigenvalue weighted by Crippen LogP contribution is -2.55. The highest BCUT2D eigenvalue weighted by Gasteiger charge is 2.33. The molecule has 0 aliphatic carbocycles. The normalized spacial score (nSPS) is 19.8. The van der Waals surface area contributed by atoms with E-state index in [1.165, 1.54) is 0 Å². The zero-order valence-corrected chi connectivity index (χ0v) is 21.5. The minimum atomic E-state index is 0. The van der Waals surface area contributed by atoms with Crippen LogP contribution in [-0.2, 0) is 4.74 Å². The van der Waals surface area contributed by atoms with E-state index in [1.54, 1.807) is 0 Å². The van der Waals surface area contributed by atoms with Crippen LogP contribution in [0, 0.1) is 0 Å². The van der Waals surface area contributed by atoms with Crippen LogP contribution in [0.1, 0.15) is 19.8 Å². The molecule has 0 spiro atoms. The topological polar surface area (TPSA) is 49.3 Å². The van der Waals surface area contributed by atoms with Gasteiger partial charge in [-0.2, -0.15) is 11.8 Å². The van der Waals surface area contributed by atoms with Gasteiger partial charge in [-0.1, -0.05) is 25.1 Å². The van der Waals surface area contributed by atoms with Gasteiger partial charge in [0.25, 0.3) is 0 Å². The van der Waals surface area contributed by atoms with Gasteiger partial charge in [-0.3, -0.25) is 9.89 Å². The molecule has 0 aromatic heterocycles. The second kappa shape index (κ2) is 13.6. The number of thioether (sulfide) groups is 1. The number of ether oxygens (including phenoxy) is 2. The maximum atomic E-state index is 5.84. The van der Waals surface area contributed by atoms with Crippen molar-refractivity contribution < 1.29 is 9.47 Å². The first-order valence-corrected chi connectivity index (χ1v) is 11.8. The lowest BCUT2D eigenvalue weighted by molar-refractivity contribution is 0.0778. The molecule has 2 fully saturated rings. The van der Waals surface area contributed by atoms with Crippen LogP contribution < -0.4 is 10.1 Å². The van der Waals surface area contributed by atoms with Crippen LogP contribution in [0.15, 0.2) is 35.3 Å².